The average molecular weight is 181 g/mol. The summed E-state index contributed by atoms with van der Waals surface area (Å²) in [6, 6.07) is 1.88. The zero-order valence-electron chi connectivity index (χ0n) is 7.70. The molecule has 2 N–H and O–H groups in total. The van der Waals surface area contributed by atoms with E-state index in [1.165, 1.54) is 0 Å². The van der Waals surface area contributed by atoms with Gasteiger partial charge in [-0.1, -0.05) is 0 Å². The predicted octanol–water partition coefficient (Wildman–Crippen LogP) is 0.0974. The van der Waals surface area contributed by atoms with Gasteiger partial charge in [-0.05, 0) is 25.3 Å². The third-order valence-corrected chi connectivity index (χ3v) is 2.44. The third kappa shape index (κ3) is 2.71. The summed E-state index contributed by atoms with van der Waals surface area (Å²) in [6.45, 7) is 2.16. The number of piperidine rings is 1. The highest BCUT2D eigenvalue weighted by molar-refractivity contribution is 5.78. The third-order valence-electron chi connectivity index (χ3n) is 2.44. The van der Waals surface area contributed by atoms with Crippen molar-refractivity contribution in [2.45, 2.75) is 19.3 Å². The van der Waals surface area contributed by atoms with Crippen molar-refractivity contribution in [3.05, 3.63) is 0 Å². The number of likely N-dealkylation sites (tertiary alicyclic amines) is 1. The van der Waals surface area contributed by atoms with E-state index in [-0.39, 0.29) is 12.3 Å². The lowest BCUT2D eigenvalue weighted by Crippen LogP contribution is -2.41. The molecule has 0 spiro atoms. The van der Waals surface area contributed by atoms with Crippen LogP contribution in [0.4, 0.5) is 0 Å². The molecule has 13 heavy (non-hydrogen) atoms. The Balaban J connectivity index is 2.42. The maximum Gasteiger partial charge on any atom is 0.236 e. The monoisotopic (exact) mass is 181 g/mol. The second kappa shape index (κ2) is 4.83. The van der Waals surface area contributed by atoms with E-state index in [1.807, 2.05) is 6.07 Å². The van der Waals surface area contributed by atoms with Crippen LogP contribution in [-0.4, -0.2) is 30.4 Å². The molecule has 0 aromatic heterocycles. The Labute approximate surface area is 78.3 Å². The lowest BCUT2D eigenvalue weighted by molar-refractivity contribution is -0.131. The Kier molecular flexibility index (Phi) is 3.71. The number of hydrogen-bond acceptors (Lipinski definition) is 3. The maximum atomic E-state index is 11.3. The van der Waals surface area contributed by atoms with Crippen LogP contribution in [0.25, 0.3) is 0 Å². The fourth-order valence-corrected chi connectivity index (χ4v) is 1.66. The molecule has 1 aliphatic rings. The summed E-state index contributed by atoms with van der Waals surface area (Å²) in [4.78, 5) is 13.1. The molecule has 1 rings (SSSR count). The first kappa shape index (κ1) is 10.0. The van der Waals surface area contributed by atoms with E-state index in [0.29, 0.717) is 12.5 Å². The molecule has 1 amide bonds. The van der Waals surface area contributed by atoms with Gasteiger partial charge in [0.2, 0.25) is 5.91 Å². The molecule has 1 fully saturated rings. The van der Waals surface area contributed by atoms with Gasteiger partial charge in [-0.2, -0.15) is 5.26 Å². The van der Waals surface area contributed by atoms with Crippen molar-refractivity contribution in [3.63, 3.8) is 0 Å². The Bertz CT molecular complexity index is 221. The second-order valence-electron chi connectivity index (χ2n) is 3.42. The van der Waals surface area contributed by atoms with Crippen LogP contribution in [0, 0.1) is 17.2 Å². The number of nitrogens with zero attached hydrogens (tertiary/aromatic N) is 2. The summed E-state index contributed by atoms with van der Waals surface area (Å²) in [6.07, 6.45) is 2.11. The minimum atomic E-state index is -0.0550. The van der Waals surface area contributed by atoms with Crippen LogP contribution >= 0.6 is 0 Å². The number of nitrogens with two attached hydrogens (primary N) is 1. The minimum Gasteiger partial charge on any atom is -0.341 e. The summed E-state index contributed by atoms with van der Waals surface area (Å²) in [5.74, 6) is 0.372. The van der Waals surface area contributed by atoms with Crippen molar-refractivity contribution in [3.8, 4) is 6.07 Å². The highest BCUT2D eigenvalue weighted by atomic mass is 16.2. The maximum absolute atomic E-state index is 11.3. The van der Waals surface area contributed by atoms with E-state index in [2.05, 4.69) is 0 Å². The molecular weight excluding hydrogens is 166 g/mol. The highest BCUT2D eigenvalue weighted by Crippen LogP contribution is 2.15. The van der Waals surface area contributed by atoms with Gasteiger partial charge < -0.3 is 10.6 Å². The predicted molar refractivity (Wildman–Crippen MR) is 48.6 cm³/mol. The van der Waals surface area contributed by atoms with E-state index in [1.54, 1.807) is 4.90 Å². The fourth-order valence-electron chi connectivity index (χ4n) is 1.66. The molecule has 1 aliphatic heterocycles. The fraction of sp³-hybridized carbons (Fsp3) is 0.778. The van der Waals surface area contributed by atoms with Gasteiger partial charge in [0.25, 0.3) is 0 Å². The van der Waals surface area contributed by atoms with Gasteiger partial charge in [-0.15, -0.1) is 0 Å². The quantitative estimate of drug-likeness (QED) is 0.656. The van der Waals surface area contributed by atoms with E-state index in [9.17, 15) is 4.79 Å². The normalized spacial score (nSPS) is 22.5. The Morgan fingerprint density at radius 2 is 2.46 bits per heavy atom. The molecule has 72 valence electrons. The molecule has 0 aliphatic carbocycles. The Morgan fingerprint density at radius 1 is 1.69 bits per heavy atom. The first-order valence-electron chi connectivity index (χ1n) is 4.62. The lowest BCUT2D eigenvalue weighted by atomic mass is 9.98. The highest BCUT2D eigenvalue weighted by Gasteiger charge is 2.21. The molecule has 0 radical (unpaired) electrons. The van der Waals surface area contributed by atoms with Gasteiger partial charge in [-0.25, -0.2) is 0 Å². The van der Waals surface area contributed by atoms with E-state index < -0.39 is 0 Å². The SMILES string of the molecule is N#CCC(=O)N1CCC[C@H](CN)C1. The number of amides is 1. The van der Waals surface area contributed by atoms with Crippen molar-refractivity contribution in [1.82, 2.24) is 4.90 Å². The van der Waals surface area contributed by atoms with Crippen LogP contribution in [0.2, 0.25) is 0 Å². The Morgan fingerprint density at radius 3 is 3.08 bits per heavy atom. The molecule has 0 unspecified atom stereocenters. The number of carbonyl (C=O) groups is 1. The second-order valence-corrected chi connectivity index (χ2v) is 3.42. The topological polar surface area (TPSA) is 70.1 Å². The molecule has 0 bridgehead atoms. The summed E-state index contributed by atoms with van der Waals surface area (Å²) < 4.78 is 0. The van der Waals surface area contributed by atoms with E-state index in [4.69, 9.17) is 11.0 Å². The van der Waals surface area contributed by atoms with Gasteiger partial charge >= 0.3 is 0 Å². The zero-order chi connectivity index (χ0) is 9.68. The zero-order valence-corrected chi connectivity index (χ0v) is 7.70. The van der Waals surface area contributed by atoms with Crippen LogP contribution in [-0.2, 0) is 4.79 Å². The van der Waals surface area contributed by atoms with Crippen LogP contribution in [0.15, 0.2) is 0 Å². The number of carbonyl (C=O) groups excluding carboxylic acids is 1. The summed E-state index contributed by atoms with van der Waals surface area (Å²) in [7, 11) is 0. The van der Waals surface area contributed by atoms with Crippen molar-refractivity contribution in [2.24, 2.45) is 11.7 Å². The molecule has 0 saturated carbocycles. The van der Waals surface area contributed by atoms with Crippen molar-refractivity contribution in [1.29, 1.82) is 5.26 Å². The molecule has 1 atom stereocenters. The molecule has 4 nitrogen and oxygen atoms in total. The molecule has 0 aromatic rings. The van der Waals surface area contributed by atoms with Gasteiger partial charge in [-0.3, -0.25) is 4.79 Å². The molecule has 4 heteroatoms. The minimum absolute atomic E-state index is 0.00269. The van der Waals surface area contributed by atoms with Crippen LogP contribution in [0.1, 0.15) is 19.3 Å². The Hall–Kier alpha value is -1.08. The molecule has 1 heterocycles. The van der Waals surface area contributed by atoms with Crippen molar-refractivity contribution >= 4 is 5.91 Å². The summed E-state index contributed by atoms with van der Waals surface area (Å²) in [5.41, 5.74) is 5.54. The van der Waals surface area contributed by atoms with Crippen molar-refractivity contribution in [2.75, 3.05) is 19.6 Å². The van der Waals surface area contributed by atoms with E-state index in [0.717, 1.165) is 25.9 Å². The summed E-state index contributed by atoms with van der Waals surface area (Å²) in [5, 5.41) is 8.37. The van der Waals surface area contributed by atoms with Gasteiger partial charge in [0, 0.05) is 13.1 Å². The number of nitriles is 1. The van der Waals surface area contributed by atoms with Crippen LogP contribution < -0.4 is 5.73 Å². The standard InChI is InChI=1S/C9H15N3O/c10-4-3-9(13)12-5-1-2-8(6-11)7-12/h8H,1-3,5-7,11H2/t8-/m1/s1. The molecular formula is C9H15N3O. The van der Waals surface area contributed by atoms with Gasteiger partial charge in [0.05, 0.1) is 6.07 Å². The van der Waals surface area contributed by atoms with Gasteiger partial charge in [0.15, 0.2) is 0 Å². The van der Waals surface area contributed by atoms with Gasteiger partial charge in [0.1, 0.15) is 6.42 Å². The first-order valence-corrected chi connectivity index (χ1v) is 4.62. The van der Waals surface area contributed by atoms with Crippen molar-refractivity contribution < 1.29 is 4.79 Å². The number of hydrogen-bond donors (Lipinski definition) is 1. The number of rotatable bonds is 2. The molecule has 1 saturated heterocycles. The largest absolute Gasteiger partial charge is 0.341 e. The smallest absolute Gasteiger partial charge is 0.236 e. The van der Waals surface area contributed by atoms with E-state index >= 15 is 0 Å². The first-order chi connectivity index (χ1) is 6.27. The van der Waals surface area contributed by atoms with Crippen LogP contribution in [0.3, 0.4) is 0 Å². The molecule has 0 aromatic carbocycles. The summed E-state index contributed by atoms with van der Waals surface area (Å²) >= 11 is 0. The average Bonchev–Trinajstić information content (AvgIpc) is 2.18. The van der Waals surface area contributed by atoms with Crippen LogP contribution in [0.5, 0.6) is 0 Å². The lowest BCUT2D eigenvalue weighted by Gasteiger charge is -2.31.